The number of hydrogen-bond donors (Lipinski definition) is 2. The number of halogens is 1. The first-order chi connectivity index (χ1) is 10.1. The van der Waals surface area contributed by atoms with Gasteiger partial charge in [-0.15, -0.1) is 0 Å². The highest BCUT2D eigenvalue weighted by Gasteiger charge is 2.32. The van der Waals surface area contributed by atoms with Crippen molar-refractivity contribution in [1.82, 2.24) is 4.98 Å². The van der Waals surface area contributed by atoms with E-state index >= 15 is 0 Å². The summed E-state index contributed by atoms with van der Waals surface area (Å²) in [6.45, 7) is 3.28. The second kappa shape index (κ2) is 5.58. The number of fused-ring (bicyclic) bond motifs is 1. The van der Waals surface area contributed by atoms with Crippen LogP contribution in [0.5, 0.6) is 0 Å². The highest BCUT2D eigenvalue weighted by Crippen LogP contribution is 2.33. The monoisotopic (exact) mass is 290 g/mol. The minimum absolute atomic E-state index is 0.0482. The lowest BCUT2D eigenvalue weighted by molar-refractivity contribution is 0.152. The molecule has 2 heterocycles. The molecule has 1 aromatic carbocycles. The fraction of sp³-hybridized carbons (Fsp3) is 0.438. The predicted molar refractivity (Wildman–Crippen MR) is 79.8 cm³/mol. The summed E-state index contributed by atoms with van der Waals surface area (Å²) in [7, 11) is 0. The van der Waals surface area contributed by atoms with Crippen molar-refractivity contribution in [2.24, 2.45) is 11.8 Å². The molecule has 0 aliphatic carbocycles. The van der Waals surface area contributed by atoms with E-state index in [1.807, 2.05) is 19.1 Å². The summed E-state index contributed by atoms with van der Waals surface area (Å²) in [5.74, 6) is -0.228. The third-order valence-electron chi connectivity index (χ3n) is 4.28. The molecule has 0 saturated carbocycles. The van der Waals surface area contributed by atoms with Crippen molar-refractivity contribution in [3.05, 3.63) is 35.8 Å². The van der Waals surface area contributed by atoms with Gasteiger partial charge in [0.2, 0.25) is 0 Å². The summed E-state index contributed by atoms with van der Waals surface area (Å²) in [6.07, 6.45) is 0. The van der Waals surface area contributed by atoms with Crippen molar-refractivity contribution in [3.63, 3.8) is 0 Å². The van der Waals surface area contributed by atoms with Crippen LogP contribution >= 0.6 is 0 Å². The van der Waals surface area contributed by atoms with Gasteiger partial charge in [-0.05, 0) is 19.1 Å². The number of aliphatic hydroxyl groups is 2. The average molecular weight is 290 g/mol. The van der Waals surface area contributed by atoms with Crippen LogP contribution in [0.4, 0.5) is 10.1 Å². The first-order valence-electron chi connectivity index (χ1n) is 7.16. The zero-order valence-corrected chi connectivity index (χ0v) is 12.0. The number of nitrogens with zero attached hydrogens (tertiary/aromatic N) is 2. The molecule has 0 spiro atoms. The summed E-state index contributed by atoms with van der Waals surface area (Å²) in [5, 5.41) is 19.6. The Hall–Kier alpha value is -1.72. The first-order valence-corrected chi connectivity index (χ1v) is 7.16. The first kappa shape index (κ1) is 14.2. The molecule has 1 fully saturated rings. The molecular weight excluding hydrogens is 271 g/mol. The fourth-order valence-electron chi connectivity index (χ4n) is 3.13. The standard InChI is InChI=1S/C16H19FN2O2/c1-10-5-15(13-3-2-4-14(17)16(13)18-10)19-6-11(8-20)12(7-19)9-21/h2-5,11-12,20-21H,6-9H2,1H3/t11-,12+. The van der Waals surface area contributed by atoms with Gasteiger partial charge in [-0.3, -0.25) is 0 Å². The number of anilines is 1. The molecule has 2 aromatic rings. The molecule has 0 bridgehead atoms. The Morgan fingerprint density at radius 1 is 1.24 bits per heavy atom. The molecule has 2 atom stereocenters. The minimum Gasteiger partial charge on any atom is -0.396 e. The summed E-state index contributed by atoms with van der Waals surface area (Å²) in [5.41, 5.74) is 2.06. The number of para-hydroxylation sites is 1. The Balaban J connectivity index is 2.07. The molecule has 21 heavy (non-hydrogen) atoms. The highest BCUT2D eigenvalue weighted by atomic mass is 19.1. The Labute approximate surface area is 122 Å². The normalized spacial score (nSPS) is 22.2. The number of benzene rings is 1. The van der Waals surface area contributed by atoms with Crippen molar-refractivity contribution in [3.8, 4) is 0 Å². The van der Waals surface area contributed by atoms with Crippen molar-refractivity contribution in [1.29, 1.82) is 0 Å². The van der Waals surface area contributed by atoms with Gasteiger partial charge in [-0.2, -0.15) is 0 Å². The van der Waals surface area contributed by atoms with Gasteiger partial charge >= 0.3 is 0 Å². The van der Waals surface area contributed by atoms with Gasteiger partial charge in [0.1, 0.15) is 11.3 Å². The Bertz CT molecular complexity index is 650. The van der Waals surface area contributed by atoms with E-state index in [-0.39, 0.29) is 30.9 Å². The van der Waals surface area contributed by atoms with E-state index in [0.29, 0.717) is 18.6 Å². The molecule has 1 aliphatic rings. The van der Waals surface area contributed by atoms with E-state index in [2.05, 4.69) is 9.88 Å². The smallest absolute Gasteiger partial charge is 0.149 e. The van der Waals surface area contributed by atoms with Gasteiger partial charge in [0.05, 0.1) is 0 Å². The van der Waals surface area contributed by atoms with Crippen molar-refractivity contribution in [2.75, 3.05) is 31.2 Å². The van der Waals surface area contributed by atoms with Crippen LogP contribution in [0, 0.1) is 24.6 Å². The number of hydrogen-bond acceptors (Lipinski definition) is 4. The Kier molecular flexibility index (Phi) is 3.78. The molecule has 2 N–H and O–H groups in total. The van der Waals surface area contributed by atoms with Crippen molar-refractivity contribution in [2.45, 2.75) is 6.92 Å². The van der Waals surface area contributed by atoms with Crippen LogP contribution in [0.25, 0.3) is 10.9 Å². The van der Waals surface area contributed by atoms with Crippen molar-refractivity contribution < 1.29 is 14.6 Å². The molecule has 5 heteroatoms. The minimum atomic E-state index is -0.325. The number of aromatic nitrogens is 1. The zero-order chi connectivity index (χ0) is 15.0. The maximum absolute atomic E-state index is 14.0. The lowest BCUT2D eigenvalue weighted by Gasteiger charge is -2.21. The number of aliphatic hydroxyl groups excluding tert-OH is 2. The molecule has 0 amide bonds. The summed E-state index contributed by atoms with van der Waals surface area (Å²) in [4.78, 5) is 6.39. The van der Waals surface area contributed by atoms with Crippen LogP contribution in [-0.4, -0.2) is 41.5 Å². The largest absolute Gasteiger partial charge is 0.396 e. The van der Waals surface area contributed by atoms with Crippen LogP contribution in [0.1, 0.15) is 5.69 Å². The lowest BCUT2D eigenvalue weighted by Crippen LogP contribution is -2.21. The van der Waals surface area contributed by atoms with Gasteiger partial charge in [0, 0.05) is 54.9 Å². The number of aryl methyl sites for hydroxylation is 1. The van der Waals surface area contributed by atoms with Gasteiger partial charge in [-0.1, -0.05) is 12.1 Å². The molecule has 4 nitrogen and oxygen atoms in total. The number of rotatable bonds is 3. The topological polar surface area (TPSA) is 56.6 Å². The van der Waals surface area contributed by atoms with Crippen LogP contribution in [0.15, 0.2) is 24.3 Å². The van der Waals surface area contributed by atoms with Crippen molar-refractivity contribution >= 4 is 16.6 Å². The molecule has 112 valence electrons. The van der Waals surface area contributed by atoms with E-state index in [1.54, 1.807) is 6.07 Å². The quantitative estimate of drug-likeness (QED) is 0.904. The second-order valence-corrected chi connectivity index (χ2v) is 5.71. The maximum atomic E-state index is 14.0. The van der Waals surface area contributed by atoms with Crippen LogP contribution in [0.3, 0.4) is 0 Å². The molecule has 3 rings (SSSR count). The van der Waals surface area contributed by atoms with E-state index in [9.17, 15) is 14.6 Å². The van der Waals surface area contributed by atoms with E-state index in [1.165, 1.54) is 6.07 Å². The van der Waals surface area contributed by atoms with Crippen LogP contribution in [-0.2, 0) is 0 Å². The Morgan fingerprint density at radius 2 is 1.90 bits per heavy atom. The molecule has 1 aliphatic heterocycles. The Morgan fingerprint density at radius 3 is 2.52 bits per heavy atom. The highest BCUT2D eigenvalue weighted by molar-refractivity contribution is 5.92. The van der Waals surface area contributed by atoms with Gasteiger partial charge in [-0.25, -0.2) is 9.37 Å². The molecule has 1 saturated heterocycles. The van der Waals surface area contributed by atoms with E-state index < -0.39 is 0 Å². The molecular formula is C16H19FN2O2. The summed E-state index contributed by atoms with van der Waals surface area (Å²) < 4.78 is 14.0. The SMILES string of the molecule is Cc1cc(N2C[C@@H](CO)[C@@H](CO)C2)c2cccc(F)c2n1. The second-order valence-electron chi connectivity index (χ2n) is 5.71. The van der Waals surface area contributed by atoms with Crippen LogP contribution in [0.2, 0.25) is 0 Å². The van der Waals surface area contributed by atoms with Gasteiger partial charge in [0.25, 0.3) is 0 Å². The third kappa shape index (κ3) is 2.47. The fourth-order valence-corrected chi connectivity index (χ4v) is 3.13. The van der Waals surface area contributed by atoms with Crippen LogP contribution < -0.4 is 4.90 Å². The summed E-state index contributed by atoms with van der Waals surface area (Å²) in [6, 6.07) is 6.90. The van der Waals surface area contributed by atoms with E-state index in [0.717, 1.165) is 16.8 Å². The maximum Gasteiger partial charge on any atom is 0.149 e. The third-order valence-corrected chi connectivity index (χ3v) is 4.28. The molecule has 0 unspecified atom stereocenters. The summed E-state index contributed by atoms with van der Waals surface area (Å²) >= 11 is 0. The lowest BCUT2D eigenvalue weighted by atomic mass is 9.98. The molecule has 0 radical (unpaired) electrons. The predicted octanol–water partition coefficient (Wildman–Crippen LogP) is 1.72. The van der Waals surface area contributed by atoms with E-state index in [4.69, 9.17) is 0 Å². The van der Waals surface area contributed by atoms with Gasteiger partial charge < -0.3 is 15.1 Å². The molecule has 1 aromatic heterocycles. The average Bonchev–Trinajstić information content (AvgIpc) is 2.90. The van der Waals surface area contributed by atoms with Gasteiger partial charge in [0.15, 0.2) is 0 Å². The zero-order valence-electron chi connectivity index (χ0n) is 12.0. The number of pyridine rings is 1.